The monoisotopic (exact) mass is 258 g/mol. The van der Waals surface area contributed by atoms with Crippen LogP contribution in [0.4, 0.5) is 0 Å². The number of nitrogens with zero attached hydrogens (tertiary/aromatic N) is 1. The van der Waals surface area contributed by atoms with E-state index in [1.807, 2.05) is 6.07 Å². The second kappa shape index (κ2) is 5.85. The zero-order valence-corrected chi connectivity index (χ0v) is 11.5. The van der Waals surface area contributed by atoms with Gasteiger partial charge >= 0.3 is 0 Å². The minimum atomic E-state index is 0.275. The van der Waals surface area contributed by atoms with Crippen molar-refractivity contribution in [3.05, 3.63) is 34.9 Å². The topological polar surface area (TPSA) is 32.3 Å². The molecule has 1 fully saturated rings. The van der Waals surface area contributed by atoms with Gasteiger partial charge in [-0.1, -0.05) is 12.1 Å². The number of fused-ring (bicyclic) bond motifs is 1. The Morgan fingerprint density at radius 2 is 2.00 bits per heavy atom. The van der Waals surface area contributed by atoms with E-state index in [0.717, 1.165) is 44.6 Å². The maximum atomic E-state index is 12.4. The van der Waals surface area contributed by atoms with Gasteiger partial charge in [-0.15, -0.1) is 0 Å². The van der Waals surface area contributed by atoms with Crippen molar-refractivity contribution >= 4 is 5.78 Å². The number of nitrogens with one attached hydrogen (secondary N) is 1. The summed E-state index contributed by atoms with van der Waals surface area (Å²) >= 11 is 0. The van der Waals surface area contributed by atoms with Crippen LogP contribution in [0.2, 0.25) is 0 Å². The zero-order chi connectivity index (χ0) is 13.1. The van der Waals surface area contributed by atoms with E-state index in [1.54, 1.807) is 0 Å². The van der Waals surface area contributed by atoms with Crippen molar-refractivity contribution in [2.75, 3.05) is 32.7 Å². The van der Waals surface area contributed by atoms with E-state index in [-0.39, 0.29) is 5.78 Å². The van der Waals surface area contributed by atoms with Gasteiger partial charge in [0.05, 0.1) is 6.54 Å². The average Bonchev–Trinajstić information content (AvgIpc) is 2.75. The van der Waals surface area contributed by atoms with Crippen LogP contribution in [0.1, 0.15) is 34.3 Å². The van der Waals surface area contributed by atoms with Crippen LogP contribution in [-0.2, 0) is 12.8 Å². The SMILES string of the molecule is O=C(CN1CCCNCC1)c1ccc2c(c1)CCC2. The summed E-state index contributed by atoms with van der Waals surface area (Å²) < 4.78 is 0. The number of Topliss-reactive ketones (excluding diaryl/α,β-unsaturated/α-hetero) is 1. The number of hydrogen-bond donors (Lipinski definition) is 1. The van der Waals surface area contributed by atoms with E-state index in [4.69, 9.17) is 0 Å². The highest BCUT2D eigenvalue weighted by atomic mass is 16.1. The van der Waals surface area contributed by atoms with Crippen LogP contribution in [0.5, 0.6) is 0 Å². The molecule has 0 atom stereocenters. The van der Waals surface area contributed by atoms with E-state index in [0.29, 0.717) is 6.54 Å². The molecule has 0 radical (unpaired) electrons. The normalized spacial score (nSPS) is 20.0. The summed E-state index contributed by atoms with van der Waals surface area (Å²) in [5.74, 6) is 0.275. The molecule has 0 bridgehead atoms. The third kappa shape index (κ3) is 3.04. The summed E-state index contributed by atoms with van der Waals surface area (Å²) in [5.41, 5.74) is 3.73. The molecule has 0 spiro atoms. The van der Waals surface area contributed by atoms with Crippen molar-refractivity contribution in [1.82, 2.24) is 10.2 Å². The number of carbonyl (C=O) groups is 1. The Kier molecular flexibility index (Phi) is 3.95. The van der Waals surface area contributed by atoms with Crippen molar-refractivity contribution in [2.24, 2.45) is 0 Å². The molecule has 3 nitrogen and oxygen atoms in total. The Morgan fingerprint density at radius 1 is 1.11 bits per heavy atom. The van der Waals surface area contributed by atoms with Crippen LogP contribution in [0.25, 0.3) is 0 Å². The summed E-state index contributed by atoms with van der Waals surface area (Å²) in [6.07, 6.45) is 4.70. The first-order valence-electron chi connectivity index (χ1n) is 7.41. The summed E-state index contributed by atoms with van der Waals surface area (Å²) in [5, 5.41) is 3.37. The molecule has 1 saturated heterocycles. The van der Waals surface area contributed by atoms with Gasteiger partial charge in [-0.25, -0.2) is 0 Å². The molecule has 1 aliphatic heterocycles. The molecule has 1 aromatic rings. The van der Waals surface area contributed by atoms with Crippen molar-refractivity contribution in [3.8, 4) is 0 Å². The molecule has 1 N–H and O–H groups in total. The van der Waals surface area contributed by atoms with Crippen molar-refractivity contribution in [2.45, 2.75) is 25.7 Å². The first-order chi connectivity index (χ1) is 9.33. The van der Waals surface area contributed by atoms with Gasteiger partial charge in [0.15, 0.2) is 5.78 Å². The van der Waals surface area contributed by atoms with E-state index >= 15 is 0 Å². The van der Waals surface area contributed by atoms with Gasteiger partial charge in [-0.05, 0) is 56.0 Å². The number of ketones is 1. The van der Waals surface area contributed by atoms with Crippen molar-refractivity contribution in [1.29, 1.82) is 0 Å². The van der Waals surface area contributed by atoms with E-state index in [2.05, 4.69) is 22.3 Å². The Morgan fingerprint density at radius 3 is 2.95 bits per heavy atom. The van der Waals surface area contributed by atoms with Gasteiger partial charge in [-0.3, -0.25) is 9.69 Å². The lowest BCUT2D eigenvalue weighted by Gasteiger charge is -2.18. The van der Waals surface area contributed by atoms with Crippen molar-refractivity contribution in [3.63, 3.8) is 0 Å². The van der Waals surface area contributed by atoms with Crippen LogP contribution in [0.15, 0.2) is 18.2 Å². The molecule has 1 aliphatic carbocycles. The highest BCUT2D eigenvalue weighted by Crippen LogP contribution is 2.23. The Labute approximate surface area is 115 Å². The summed E-state index contributed by atoms with van der Waals surface area (Å²) in [6, 6.07) is 6.29. The number of hydrogen-bond acceptors (Lipinski definition) is 3. The molecule has 0 aromatic heterocycles. The third-order valence-electron chi connectivity index (χ3n) is 4.22. The third-order valence-corrected chi connectivity index (χ3v) is 4.22. The summed E-state index contributed by atoms with van der Waals surface area (Å²) in [4.78, 5) is 14.6. The van der Waals surface area contributed by atoms with Gasteiger partial charge in [0, 0.05) is 18.7 Å². The molecular weight excluding hydrogens is 236 g/mol. The molecule has 2 aliphatic rings. The van der Waals surface area contributed by atoms with E-state index in [9.17, 15) is 4.79 Å². The molecule has 1 heterocycles. The average molecular weight is 258 g/mol. The first kappa shape index (κ1) is 12.8. The number of rotatable bonds is 3. The lowest BCUT2D eigenvalue weighted by Crippen LogP contribution is -2.33. The van der Waals surface area contributed by atoms with Crippen LogP contribution in [-0.4, -0.2) is 43.4 Å². The lowest BCUT2D eigenvalue weighted by molar-refractivity contribution is 0.0935. The molecule has 0 amide bonds. The van der Waals surface area contributed by atoms with Crippen molar-refractivity contribution < 1.29 is 4.79 Å². The quantitative estimate of drug-likeness (QED) is 0.837. The van der Waals surface area contributed by atoms with Gasteiger partial charge in [0.25, 0.3) is 0 Å². The Balaban J connectivity index is 1.66. The standard InChI is InChI=1S/C16H22N2O/c19-16(12-18-9-2-7-17-8-10-18)15-6-5-13-3-1-4-14(13)11-15/h5-6,11,17H,1-4,7-10,12H2. The molecular formula is C16H22N2O. The predicted octanol–water partition coefficient (Wildman–Crippen LogP) is 1.65. The largest absolute Gasteiger partial charge is 0.315 e. The molecule has 1 aromatic carbocycles. The second-order valence-electron chi connectivity index (χ2n) is 5.64. The number of aryl methyl sites for hydroxylation is 2. The fraction of sp³-hybridized carbons (Fsp3) is 0.562. The van der Waals surface area contributed by atoms with Crippen LogP contribution in [0, 0.1) is 0 Å². The first-order valence-corrected chi connectivity index (χ1v) is 7.41. The van der Waals surface area contributed by atoms with E-state index < -0.39 is 0 Å². The zero-order valence-electron chi connectivity index (χ0n) is 11.5. The van der Waals surface area contributed by atoms with Gasteiger partial charge in [-0.2, -0.15) is 0 Å². The smallest absolute Gasteiger partial charge is 0.176 e. The maximum absolute atomic E-state index is 12.4. The fourth-order valence-corrected chi connectivity index (χ4v) is 3.10. The lowest BCUT2D eigenvalue weighted by atomic mass is 10.0. The number of carbonyl (C=O) groups excluding carboxylic acids is 1. The van der Waals surface area contributed by atoms with E-state index in [1.165, 1.54) is 24.0 Å². The molecule has 102 valence electrons. The molecule has 3 heteroatoms. The predicted molar refractivity (Wildman–Crippen MR) is 76.7 cm³/mol. The summed E-state index contributed by atoms with van der Waals surface area (Å²) in [7, 11) is 0. The Bertz CT molecular complexity index is 462. The van der Waals surface area contributed by atoms with Gasteiger partial charge in [0.2, 0.25) is 0 Å². The minimum absolute atomic E-state index is 0.275. The number of benzene rings is 1. The fourth-order valence-electron chi connectivity index (χ4n) is 3.10. The summed E-state index contributed by atoms with van der Waals surface area (Å²) in [6.45, 7) is 4.65. The molecule has 3 rings (SSSR count). The van der Waals surface area contributed by atoms with Crippen LogP contribution < -0.4 is 5.32 Å². The molecule has 0 unspecified atom stereocenters. The van der Waals surface area contributed by atoms with Gasteiger partial charge in [0.1, 0.15) is 0 Å². The highest BCUT2D eigenvalue weighted by molar-refractivity contribution is 5.97. The van der Waals surface area contributed by atoms with Crippen LogP contribution in [0.3, 0.4) is 0 Å². The maximum Gasteiger partial charge on any atom is 0.176 e. The minimum Gasteiger partial charge on any atom is -0.315 e. The van der Waals surface area contributed by atoms with Crippen LogP contribution >= 0.6 is 0 Å². The molecule has 19 heavy (non-hydrogen) atoms. The highest BCUT2D eigenvalue weighted by Gasteiger charge is 2.17. The second-order valence-corrected chi connectivity index (χ2v) is 5.64. The Hall–Kier alpha value is -1.19. The molecule has 0 saturated carbocycles. The van der Waals surface area contributed by atoms with Gasteiger partial charge < -0.3 is 5.32 Å².